The highest BCUT2D eigenvalue weighted by atomic mass is 32.1. The normalized spacial score (nSPS) is 8.73. The summed E-state index contributed by atoms with van der Waals surface area (Å²) in [6, 6.07) is 1.92. The molecule has 0 saturated heterocycles. The van der Waals surface area contributed by atoms with Crippen molar-refractivity contribution in [1.29, 1.82) is 5.26 Å². The molecule has 1 rings (SSSR count). The van der Waals surface area contributed by atoms with E-state index in [1.807, 2.05) is 6.07 Å². The van der Waals surface area contributed by atoms with Crippen LogP contribution in [0.2, 0.25) is 0 Å². The summed E-state index contributed by atoms with van der Waals surface area (Å²) in [4.78, 5) is 9.76. The fourth-order valence-electron chi connectivity index (χ4n) is 0.619. The number of nitriles is 1. The van der Waals surface area contributed by atoms with Crippen LogP contribution in [0.3, 0.4) is 0 Å². The first-order valence-corrected chi connectivity index (χ1v) is 3.51. The molecule has 0 aliphatic heterocycles. The SMILES string of the molecule is Cc1nsc(NN=O)c1C#N. The molecular formula is C5H4N4OS. The van der Waals surface area contributed by atoms with Gasteiger partial charge in [-0.25, -0.2) is 5.43 Å². The van der Waals surface area contributed by atoms with Gasteiger partial charge in [0.1, 0.15) is 11.6 Å². The van der Waals surface area contributed by atoms with Crippen LogP contribution in [-0.2, 0) is 0 Å². The standard InChI is InChI=1S/C5H4N4OS/c1-3-4(2-6)5(7-9-10)11-8-3/h1H3,(H,7,10). The first-order valence-electron chi connectivity index (χ1n) is 2.74. The third-order valence-electron chi connectivity index (χ3n) is 1.12. The molecule has 0 aliphatic rings. The van der Waals surface area contributed by atoms with Crippen LogP contribution in [0.1, 0.15) is 11.3 Å². The Labute approximate surface area is 66.8 Å². The second-order valence-electron chi connectivity index (χ2n) is 1.79. The number of aromatic nitrogens is 1. The molecule has 1 aromatic heterocycles. The molecule has 1 aromatic rings. The minimum Gasteiger partial charge on any atom is -0.229 e. The molecule has 5 nitrogen and oxygen atoms in total. The van der Waals surface area contributed by atoms with Gasteiger partial charge < -0.3 is 0 Å². The van der Waals surface area contributed by atoms with Gasteiger partial charge in [-0.1, -0.05) is 0 Å². The highest BCUT2D eigenvalue weighted by Crippen LogP contribution is 2.22. The van der Waals surface area contributed by atoms with Crippen LogP contribution in [0.4, 0.5) is 5.00 Å². The molecule has 1 N–H and O–H groups in total. The summed E-state index contributed by atoms with van der Waals surface area (Å²) in [6.07, 6.45) is 0. The average Bonchev–Trinajstić information content (AvgIpc) is 2.33. The van der Waals surface area contributed by atoms with E-state index in [2.05, 4.69) is 15.1 Å². The number of nitroso groups, excluding NO2 is 1. The summed E-state index contributed by atoms with van der Waals surface area (Å²) in [7, 11) is 0. The zero-order chi connectivity index (χ0) is 8.27. The minimum atomic E-state index is 0.384. The van der Waals surface area contributed by atoms with Crippen molar-refractivity contribution in [3.05, 3.63) is 16.2 Å². The van der Waals surface area contributed by atoms with Crippen LogP contribution < -0.4 is 5.43 Å². The molecular weight excluding hydrogens is 164 g/mol. The second kappa shape index (κ2) is 3.07. The van der Waals surface area contributed by atoms with Gasteiger partial charge in [-0.15, -0.1) is 4.91 Å². The fourth-order valence-corrected chi connectivity index (χ4v) is 1.30. The Morgan fingerprint density at radius 2 is 2.55 bits per heavy atom. The van der Waals surface area contributed by atoms with Crippen molar-refractivity contribution in [1.82, 2.24) is 4.37 Å². The Balaban J connectivity index is 3.07. The summed E-state index contributed by atoms with van der Waals surface area (Å²) in [5.41, 5.74) is 3.15. The molecule has 0 fully saturated rings. The van der Waals surface area contributed by atoms with Gasteiger partial charge in [-0.3, -0.25) is 0 Å². The maximum Gasteiger partial charge on any atom is 0.150 e. The number of aryl methyl sites for hydroxylation is 1. The van der Waals surface area contributed by atoms with Crippen LogP contribution in [0, 0.1) is 23.2 Å². The zero-order valence-electron chi connectivity index (χ0n) is 5.66. The van der Waals surface area contributed by atoms with Crippen LogP contribution in [0.5, 0.6) is 0 Å². The number of anilines is 1. The second-order valence-corrected chi connectivity index (χ2v) is 2.56. The molecule has 6 heteroatoms. The molecule has 0 atom stereocenters. The van der Waals surface area contributed by atoms with Gasteiger partial charge in [0.05, 0.1) is 11.0 Å². The van der Waals surface area contributed by atoms with E-state index in [-0.39, 0.29) is 0 Å². The summed E-state index contributed by atoms with van der Waals surface area (Å²) in [6.45, 7) is 1.70. The fraction of sp³-hybridized carbons (Fsp3) is 0.200. The van der Waals surface area contributed by atoms with E-state index in [9.17, 15) is 4.91 Å². The first kappa shape index (κ1) is 7.63. The lowest BCUT2D eigenvalue weighted by Crippen LogP contribution is -1.85. The van der Waals surface area contributed by atoms with Crippen LogP contribution in [0.15, 0.2) is 5.29 Å². The molecule has 0 unspecified atom stereocenters. The Kier molecular flexibility index (Phi) is 2.13. The number of nitrogens with zero attached hydrogens (tertiary/aromatic N) is 3. The van der Waals surface area contributed by atoms with Gasteiger partial charge in [0.25, 0.3) is 0 Å². The largest absolute Gasteiger partial charge is 0.229 e. The number of hydrogen-bond acceptors (Lipinski definition) is 5. The average molecular weight is 168 g/mol. The minimum absolute atomic E-state index is 0.384. The third kappa shape index (κ3) is 1.33. The molecule has 0 radical (unpaired) electrons. The highest BCUT2D eigenvalue weighted by molar-refractivity contribution is 7.10. The Morgan fingerprint density at radius 1 is 1.82 bits per heavy atom. The van der Waals surface area contributed by atoms with Gasteiger partial charge in [0.2, 0.25) is 0 Å². The van der Waals surface area contributed by atoms with E-state index in [0.29, 0.717) is 16.3 Å². The lowest BCUT2D eigenvalue weighted by atomic mass is 10.3. The lowest BCUT2D eigenvalue weighted by Gasteiger charge is -1.87. The van der Waals surface area contributed by atoms with Crippen LogP contribution in [0.25, 0.3) is 0 Å². The van der Waals surface area contributed by atoms with E-state index in [1.165, 1.54) is 0 Å². The molecule has 0 bridgehead atoms. The third-order valence-corrected chi connectivity index (χ3v) is 1.96. The van der Waals surface area contributed by atoms with Gasteiger partial charge in [-0.2, -0.15) is 9.64 Å². The van der Waals surface area contributed by atoms with Gasteiger partial charge in [-0.05, 0) is 18.5 Å². The predicted octanol–water partition coefficient (Wildman–Crippen LogP) is 1.42. The van der Waals surface area contributed by atoms with Crippen molar-refractivity contribution in [3.8, 4) is 6.07 Å². The zero-order valence-corrected chi connectivity index (χ0v) is 6.47. The van der Waals surface area contributed by atoms with Crippen molar-refractivity contribution < 1.29 is 0 Å². The molecule has 0 aromatic carbocycles. The molecule has 1 heterocycles. The first-order chi connectivity index (χ1) is 5.29. The number of rotatable bonds is 2. The quantitative estimate of drug-likeness (QED) is 0.535. The lowest BCUT2D eigenvalue weighted by molar-refractivity contribution is 1.29. The summed E-state index contributed by atoms with van der Waals surface area (Å²) < 4.78 is 3.86. The van der Waals surface area contributed by atoms with Crippen molar-refractivity contribution >= 4 is 16.5 Å². The number of nitrogens with one attached hydrogen (secondary N) is 1. The van der Waals surface area contributed by atoms with E-state index in [0.717, 1.165) is 11.5 Å². The Bertz CT molecular complexity index is 313. The highest BCUT2D eigenvalue weighted by Gasteiger charge is 2.08. The predicted molar refractivity (Wildman–Crippen MR) is 41.0 cm³/mol. The van der Waals surface area contributed by atoms with E-state index in [1.54, 1.807) is 6.92 Å². The van der Waals surface area contributed by atoms with Crippen molar-refractivity contribution in [2.75, 3.05) is 5.43 Å². The molecule has 0 spiro atoms. The maximum atomic E-state index is 9.76. The van der Waals surface area contributed by atoms with E-state index < -0.39 is 0 Å². The summed E-state index contributed by atoms with van der Waals surface area (Å²) in [5.74, 6) is 0. The maximum absolute atomic E-state index is 9.76. The van der Waals surface area contributed by atoms with Crippen molar-refractivity contribution in [2.24, 2.45) is 5.29 Å². The number of hydrogen-bond donors (Lipinski definition) is 1. The van der Waals surface area contributed by atoms with Gasteiger partial charge in [0.15, 0.2) is 5.00 Å². The van der Waals surface area contributed by atoms with Crippen molar-refractivity contribution in [2.45, 2.75) is 6.92 Å². The van der Waals surface area contributed by atoms with Crippen LogP contribution >= 0.6 is 11.5 Å². The summed E-state index contributed by atoms with van der Waals surface area (Å²) >= 11 is 1.05. The summed E-state index contributed by atoms with van der Waals surface area (Å²) in [5, 5.41) is 11.4. The molecule has 0 saturated carbocycles. The molecule has 56 valence electrons. The monoisotopic (exact) mass is 168 g/mol. The Hall–Kier alpha value is -1.48. The topological polar surface area (TPSA) is 78.1 Å². The Morgan fingerprint density at radius 3 is 3.09 bits per heavy atom. The van der Waals surface area contributed by atoms with E-state index in [4.69, 9.17) is 5.26 Å². The van der Waals surface area contributed by atoms with Crippen LogP contribution in [-0.4, -0.2) is 4.37 Å². The van der Waals surface area contributed by atoms with E-state index >= 15 is 0 Å². The molecule has 11 heavy (non-hydrogen) atoms. The van der Waals surface area contributed by atoms with Gasteiger partial charge in [0, 0.05) is 0 Å². The van der Waals surface area contributed by atoms with Gasteiger partial charge >= 0.3 is 0 Å². The molecule has 0 amide bonds. The smallest absolute Gasteiger partial charge is 0.150 e. The molecule has 0 aliphatic carbocycles. The van der Waals surface area contributed by atoms with Crippen molar-refractivity contribution in [3.63, 3.8) is 0 Å².